The minimum Gasteiger partial charge on any atom is -0.383 e. The van der Waals surface area contributed by atoms with Gasteiger partial charge in [-0.3, -0.25) is 14.5 Å². The topological polar surface area (TPSA) is 102 Å². The second-order valence-electron chi connectivity index (χ2n) is 8.92. The summed E-state index contributed by atoms with van der Waals surface area (Å²) in [6.07, 6.45) is 7.50. The molecular weight excluding hydrogens is 426 g/mol. The Labute approximate surface area is 198 Å². The number of hydrogen-bond donors (Lipinski definition) is 2. The van der Waals surface area contributed by atoms with E-state index in [9.17, 15) is 4.79 Å². The van der Waals surface area contributed by atoms with Gasteiger partial charge in [0.15, 0.2) is 0 Å². The van der Waals surface area contributed by atoms with Gasteiger partial charge in [-0.25, -0.2) is 4.98 Å². The molecule has 1 aliphatic heterocycles. The summed E-state index contributed by atoms with van der Waals surface area (Å²) in [7, 11) is 0. The van der Waals surface area contributed by atoms with E-state index in [0.29, 0.717) is 24.0 Å². The van der Waals surface area contributed by atoms with Crippen molar-refractivity contribution in [1.82, 2.24) is 25.1 Å². The first-order valence-corrected chi connectivity index (χ1v) is 11.7. The van der Waals surface area contributed by atoms with Crippen molar-refractivity contribution in [2.45, 2.75) is 32.9 Å². The molecule has 0 spiro atoms. The predicted molar refractivity (Wildman–Crippen MR) is 133 cm³/mol. The summed E-state index contributed by atoms with van der Waals surface area (Å²) in [5, 5.41) is 9.61. The monoisotopic (exact) mass is 455 g/mol. The average molecular weight is 456 g/mol. The highest BCUT2D eigenvalue weighted by Gasteiger charge is 2.22. The predicted octanol–water partition coefficient (Wildman–Crippen LogP) is 3.56. The van der Waals surface area contributed by atoms with Crippen LogP contribution in [0.5, 0.6) is 0 Å². The molecule has 0 bridgehead atoms. The van der Waals surface area contributed by atoms with Crippen molar-refractivity contribution >= 4 is 28.2 Å². The van der Waals surface area contributed by atoms with Crippen LogP contribution < -0.4 is 16.0 Å². The lowest BCUT2D eigenvalue weighted by molar-refractivity contribution is 0.0938. The highest BCUT2D eigenvalue weighted by molar-refractivity contribution is 5.93. The molecule has 0 radical (unpaired) electrons. The van der Waals surface area contributed by atoms with Gasteiger partial charge in [0.25, 0.3) is 5.91 Å². The first kappa shape index (κ1) is 21.9. The van der Waals surface area contributed by atoms with Crippen molar-refractivity contribution in [3.05, 3.63) is 78.0 Å². The summed E-state index contributed by atoms with van der Waals surface area (Å²) in [4.78, 5) is 23.7. The van der Waals surface area contributed by atoms with Crippen LogP contribution in [0.1, 0.15) is 34.6 Å². The van der Waals surface area contributed by atoms with Crippen molar-refractivity contribution < 1.29 is 4.79 Å². The Kier molecular flexibility index (Phi) is 6.12. The maximum atomic E-state index is 13.0. The summed E-state index contributed by atoms with van der Waals surface area (Å²) < 4.78 is 1.88. The zero-order valence-corrected chi connectivity index (χ0v) is 19.3. The molecule has 0 unspecified atom stereocenters. The van der Waals surface area contributed by atoms with Gasteiger partial charge in [0.1, 0.15) is 11.5 Å². The third kappa shape index (κ3) is 4.71. The molecule has 0 atom stereocenters. The number of anilines is 2. The van der Waals surface area contributed by atoms with Gasteiger partial charge < -0.3 is 16.0 Å². The van der Waals surface area contributed by atoms with E-state index in [1.54, 1.807) is 6.20 Å². The van der Waals surface area contributed by atoms with E-state index < -0.39 is 0 Å². The number of nitrogen functional groups attached to an aromatic ring is 1. The first-order valence-electron chi connectivity index (χ1n) is 11.7. The van der Waals surface area contributed by atoms with Crippen LogP contribution in [0, 0.1) is 12.8 Å². The summed E-state index contributed by atoms with van der Waals surface area (Å²) in [6.45, 7) is 5.12. The molecule has 5 rings (SSSR count). The van der Waals surface area contributed by atoms with Crippen LogP contribution in [0.2, 0.25) is 0 Å². The number of hydrogen-bond acceptors (Lipinski definition) is 6. The zero-order valence-electron chi connectivity index (χ0n) is 19.3. The Morgan fingerprint density at radius 2 is 1.88 bits per heavy atom. The second-order valence-corrected chi connectivity index (χ2v) is 8.92. The normalized spacial score (nSPS) is 14.4. The minimum atomic E-state index is -0.107. The molecular formula is C26H29N7O. The largest absolute Gasteiger partial charge is 0.383 e. The smallest absolute Gasteiger partial charge is 0.269 e. The molecule has 8 nitrogen and oxygen atoms in total. The molecule has 3 N–H and O–H groups in total. The van der Waals surface area contributed by atoms with Crippen LogP contribution in [0.15, 0.2) is 61.1 Å². The number of nitrogens with zero attached hydrogens (tertiary/aromatic N) is 5. The number of nitrogens with two attached hydrogens (primary N) is 1. The molecule has 1 fully saturated rings. The van der Waals surface area contributed by atoms with Gasteiger partial charge in [0, 0.05) is 55.8 Å². The quantitative estimate of drug-likeness (QED) is 0.461. The van der Waals surface area contributed by atoms with E-state index in [0.717, 1.165) is 54.5 Å². The van der Waals surface area contributed by atoms with Crippen molar-refractivity contribution in [3.63, 3.8) is 0 Å². The second kappa shape index (κ2) is 9.51. The van der Waals surface area contributed by atoms with Crippen molar-refractivity contribution in [2.24, 2.45) is 5.92 Å². The lowest BCUT2D eigenvalue weighted by atomic mass is 9.96. The Hall–Kier alpha value is -3.94. The van der Waals surface area contributed by atoms with Crippen molar-refractivity contribution in [3.8, 4) is 0 Å². The number of carbonyl (C=O) groups excluding carboxylic acids is 1. The molecule has 8 heteroatoms. The Balaban J connectivity index is 1.21. The van der Waals surface area contributed by atoms with Gasteiger partial charge in [-0.05, 0) is 67.0 Å². The molecule has 0 aliphatic carbocycles. The highest BCUT2D eigenvalue weighted by atomic mass is 16.2. The van der Waals surface area contributed by atoms with Crippen molar-refractivity contribution in [1.29, 1.82) is 0 Å². The van der Waals surface area contributed by atoms with E-state index in [4.69, 9.17) is 5.73 Å². The number of rotatable bonds is 6. The minimum absolute atomic E-state index is 0.107. The summed E-state index contributed by atoms with van der Waals surface area (Å²) in [6, 6.07) is 13.9. The SMILES string of the molecule is Cc1cc(C(=O)NCc2ccc3c(N)nccc3c2)n(CC2CCN(c3ccncc3)CC2)n1. The number of pyridine rings is 2. The van der Waals surface area contributed by atoms with Crippen LogP contribution in [0.4, 0.5) is 11.5 Å². The first-order chi connectivity index (χ1) is 16.6. The van der Waals surface area contributed by atoms with Crippen LogP contribution in [0.25, 0.3) is 10.8 Å². The molecule has 0 saturated carbocycles. The van der Waals surface area contributed by atoms with Gasteiger partial charge in [-0.1, -0.05) is 12.1 Å². The molecule has 1 aromatic carbocycles. The van der Waals surface area contributed by atoms with Crippen LogP contribution in [-0.4, -0.2) is 38.7 Å². The number of piperidine rings is 1. The molecule has 1 aliphatic rings. The standard InChI is InChI=1S/C26H29N7O/c1-18-14-24(26(34)30-16-20-2-3-23-21(15-20)4-11-29-25(23)27)33(31-18)17-19-7-12-32(13-8-19)22-5-9-28-10-6-22/h2-6,9-11,14-15,19H,7-8,12-13,16-17H2,1H3,(H2,27,29)(H,30,34). The zero-order chi connectivity index (χ0) is 23.5. The maximum Gasteiger partial charge on any atom is 0.269 e. The van der Waals surface area contributed by atoms with Gasteiger partial charge in [-0.15, -0.1) is 0 Å². The number of fused-ring (bicyclic) bond motifs is 1. The Bertz CT molecular complexity index is 1290. The van der Waals surface area contributed by atoms with Gasteiger partial charge in [-0.2, -0.15) is 5.10 Å². The fraction of sp³-hybridized carbons (Fsp3) is 0.308. The molecule has 174 valence electrons. The van der Waals surface area contributed by atoms with E-state index in [-0.39, 0.29) is 5.91 Å². The van der Waals surface area contributed by atoms with E-state index in [1.165, 1.54) is 5.69 Å². The molecule has 34 heavy (non-hydrogen) atoms. The number of carbonyl (C=O) groups is 1. The van der Waals surface area contributed by atoms with E-state index >= 15 is 0 Å². The number of aryl methyl sites for hydroxylation is 1. The lowest BCUT2D eigenvalue weighted by Gasteiger charge is -2.33. The average Bonchev–Trinajstić information content (AvgIpc) is 3.23. The van der Waals surface area contributed by atoms with Gasteiger partial charge in [0.2, 0.25) is 0 Å². The number of benzene rings is 1. The third-order valence-corrected chi connectivity index (χ3v) is 6.52. The van der Waals surface area contributed by atoms with E-state index in [1.807, 2.05) is 54.3 Å². The summed E-state index contributed by atoms with van der Waals surface area (Å²) in [5.41, 5.74) is 9.64. The van der Waals surface area contributed by atoms with Gasteiger partial charge in [0.05, 0.1) is 5.69 Å². The third-order valence-electron chi connectivity index (χ3n) is 6.52. The number of aromatic nitrogens is 4. The van der Waals surface area contributed by atoms with Crippen LogP contribution in [0.3, 0.4) is 0 Å². The number of nitrogens with one attached hydrogen (secondary N) is 1. The summed E-state index contributed by atoms with van der Waals surface area (Å²) in [5.74, 6) is 0.895. The van der Waals surface area contributed by atoms with Crippen LogP contribution >= 0.6 is 0 Å². The molecule has 1 amide bonds. The molecule has 4 aromatic rings. The summed E-state index contributed by atoms with van der Waals surface area (Å²) >= 11 is 0. The molecule has 3 aromatic heterocycles. The lowest BCUT2D eigenvalue weighted by Crippen LogP contribution is -2.35. The fourth-order valence-corrected chi connectivity index (χ4v) is 4.67. The molecule has 1 saturated heterocycles. The van der Waals surface area contributed by atoms with Gasteiger partial charge >= 0.3 is 0 Å². The molecule has 4 heterocycles. The number of amides is 1. The maximum absolute atomic E-state index is 13.0. The van der Waals surface area contributed by atoms with E-state index in [2.05, 4.69) is 37.4 Å². The Morgan fingerprint density at radius 1 is 1.09 bits per heavy atom. The highest BCUT2D eigenvalue weighted by Crippen LogP contribution is 2.24. The fourth-order valence-electron chi connectivity index (χ4n) is 4.67. The van der Waals surface area contributed by atoms with Crippen LogP contribution in [-0.2, 0) is 13.1 Å². The van der Waals surface area contributed by atoms with Crippen molar-refractivity contribution in [2.75, 3.05) is 23.7 Å². The Morgan fingerprint density at radius 3 is 2.68 bits per heavy atom.